The molecule has 1 atom stereocenters. The first-order valence-electron chi connectivity index (χ1n) is 9.87. The molecule has 3 aromatic rings. The SMILES string of the molecule is COc1cccc([C@H](CC(=O)Nc2ccc(F)cc2)c2cnc3n2CCCC3)c1. The first kappa shape index (κ1) is 19.2. The lowest BCUT2D eigenvalue weighted by Crippen LogP contribution is -2.20. The molecule has 1 aliphatic rings. The van der Waals surface area contributed by atoms with E-state index in [9.17, 15) is 9.18 Å². The first-order chi connectivity index (χ1) is 14.1. The van der Waals surface area contributed by atoms with Gasteiger partial charge >= 0.3 is 0 Å². The highest BCUT2D eigenvalue weighted by atomic mass is 19.1. The van der Waals surface area contributed by atoms with Crippen molar-refractivity contribution < 1.29 is 13.9 Å². The van der Waals surface area contributed by atoms with Crippen molar-refractivity contribution in [1.82, 2.24) is 9.55 Å². The number of imidazole rings is 1. The Morgan fingerprint density at radius 3 is 2.86 bits per heavy atom. The Bertz CT molecular complexity index is 998. The van der Waals surface area contributed by atoms with Crippen LogP contribution in [0, 0.1) is 5.82 Å². The Labute approximate surface area is 169 Å². The molecule has 29 heavy (non-hydrogen) atoms. The molecule has 1 amide bonds. The highest BCUT2D eigenvalue weighted by Gasteiger charge is 2.25. The van der Waals surface area contributed by atoms with Crippen molar-refractivity contribution in [3.8, 4) is 5.75 Å². The average Bonchev–Trinajstić information content (AvgIpc) is 3.17. The summed E-state index contributed by atoms with van der Waals surface area (Å²) in [5, 5.41) is 2.87. The van der Waals surface area contributed by atoms with E-state index in [1.54, 1.807) is 19.2 Å². The quantitative estimate of drug-likeness (QED) is 0.670. The van der Waals surface area contributed by atoms with Crippen LogP contribution in [0.15, 0.2) is 54.7 Å². The third-order valence-electron chi connectivity index (χ3n) is 5.37. The summed E-state index contributed by atoms with van der Waals surface area (Å²) < 4.78 is 20.8. The molecule has 150 valence electrons. The maximum Gasteiger partial charge on any atom is 0.225 e. The number of nitrogens with one attached hydrogen (secondary N) is 1. The molecule has 0 bridgehead atoms. The Hall–Kier alpha value is -3.15. The minimum atomic E-state index is -0.330. The second-order valence-electron chi connectivity index (χ2n) is 7.30. The number of hydrogen-bond acceptors (Lipinski definition) is 3. The summed E-state index contributed by atoms with van der Waals surface area (Å²) in [6, 6.07) is 13.6. The Kier molecular flexibility index (Phi) is 5.60. The number of nitrogens with zero attached hydrogens (tertiary/aromatic N) is 2. The van der Waals surface area contributed by atoms with Gasteiger partial charge in [0.15, 0.2) is 0 Å². The van der Waals surface area contributed by atoms with Gasteiger partial charge in [-0.1, -0.05) is 12.1 Å². The number of benzene rings is 2. The molecule has 0 spiro atoms. The number of fused-ring (bicyclic) bond motifs is 1. The number of halogens is 1. The summed E-state index contributed by atoms with van der Waals surface area (Å²) in [5.74, 6) is 1.23. The van der Waals surface area contributed by atoms with Crippen molar-refractivity contribution in [1.29, 1.82) is 0 Å². The van der Waals surface area contributed by atoms with Crippen LogP contribution in [0.3, 0.4) is 0 Å². The lowest BCUT2D eigenvalue weighted by atomic mass is 9.91. The molecule has 6 heteroatoms. The summed E-state index contributed by atoms with van der Waals surface area (Å²) >= 11 is 0. The van der Waals surface area contributed by atoms with Crippen LogP contribution in [0.2, 0.25) is 0 Å². The van der Waals surface area contributed by atoms with Crippen molar-refractivity contribution in [2.45, 2.75) is 38.1 Å². The molecule has 1 aromatic heterocycles. The topological polar surface area (TPSA) is 56.1 Å². The van der Waals surface area contributed by atoms with Gasteiger partial charge in [-0.2, -0.15) is 0 Å². The van der Waals surface area contributed by atoms with Crippen LogP contribution in [0.1, 0.15) is 42.3 Å². The predicted octanol–water partition coefficient (Wildman–Crippen LogP) is 4.53. The van der Waals surface area contributed by atoms with E-state index in [1.807, 2.05) is 30.5 Å². The van der Waals surface area contributed by atoms with Gasteiger partial charge in [0.2, 0.25) is 5.91 Å². The van der Waals surface area contributed by atoms with Gasteiger partial charge in [0.1, 0.15) is 17.4 Å². The second kappa shape index (κ2) is 8.47. The average molecular weight is 393 g/mol. The molecule has 1 N–H and O–H groups in total. The van der Waals surface area contributed by atoms with Gasteiger partial charge in [-0.15, -0.1) is 0 Å². The molecule has 0 saturated carbocycles. The van der Waals surface area contributed by atoms with Crippen molar-refractivity contribution in [3.63, 3.8) is 0 Å². The minimum Gasteiger partial charge on any atom is -0.497 e. The van der Waals surface area contributed by atoms with Crippen LogP contribution in [0.5, 0.6) is 5.75 Å². The third-order valence-corrected chi connectivity index (χ3v) is 5.37. The predicted molar refractivity (Wildman–Crippen MR) is 110 cm³/mol. The molecule has 1 aliphatic heterocycles. The van der Waals surface area contributed by atoms with E-state index in [0.29, 0.717) is 5.69 Å². The van der Waals surface area contributed by atoms with Crippen LogP contribution in [-0.2, 0) is 17.8 Å². The maximum atomic E-state index is 13.1. The highest BCUT2D eigenvalue weighted by molar-refractivity contribution is 5.91. The maximum absolute atomic E-state index is 13.1. The van der Waals surface area contributed by atoms with E-state index in [4.69, 9.17) is 4.74 Å². The van der Waals surface area contributed by atoms with Gasteiger partial charge in [-0.3, -0.25) is 4.79 Å². The highest BCUT2D eigenvalue weighted by Crippen LogP contribution is 2.33. The summed E-state index contributed by atoms with van der Waals surface area (Å²) in [5.41, 5.74) is 2.63. The Morgan fingerprint density at radius 1 is 1.24 bits per heavy atom. The molecule has 5 nitrogen and oxygen atoms in total. The van der Waals surface area contributed by atoms with E-state index in [0.717, 1.165) is 48.6 Å². The van der Waals surface area contributed by atoms with Gasteiger partial charge in [0.05, 0.1) is 7.11 Å². The number of hydrogen-bond donors (Lipinski definition) is 1. The second-order valence-corrected chi connectivity index (χ2v) is 7.30. The molecule has 0 fully saturated rings. The molecule has 0 radical (unpaired) electrons. The van der Waals surface area contributed by atoms with Crippen molar-refractivity contribution in [2.24, 2.45) is 0 Å². The fraction of sp³-hybridized carbons (Fsp3) is 0.304. The van der Waals surface area contributed by atoms with Crippen molar-refractivity contribution >= 4 is 11.6 Å². The van der Waals surface area contributed by atoms with E-state index < -0.39 is 0 Å². The van der Waals surface area contributed by atoms with Gasteiger partial charge in [0, 0.05) is 42.9 Å². The van der Waals surface area contributed by atoms with Crippen LogP contribution in [0.4, 0.5) is 10.1 Å². The lowest BCUT2D eigenvalue weighted by molar-refractivity contribution is -0.116. The van der Waals surface area contributed by atoms with Crippen LogP contribution >= 0.6 is 0 Å². The van der Waals surface area contributed by atoms with Crippen molar-refractivity contribution in [2.75, 3.05) is 12.4 Å². The number of carbonyl (C=O) groups excluding carboxylic acids is 1. The molecule has 0 aliphatic carbocycles. The normalized spacial score (nSPS) is 14.1. The van der Waals surface area contributed by atoms with Gasteiger partial charge in [-0.05, 0) is 54.8 Å². The molecule has 2 heterocycles. The number of amides is 1. The fourth-order valence-electron chi connectivity index (χ4n) is 3.90. The lowest BCUT2D eigenvalue weighted by Gasteiger charge is -2.23. The van der Waals surface area contributed by atoms with Gasteiger partial charge in [-0.25, -0.2) is 9.37 Å². The Balaban J connectivity index is 1.63. The number of aromatic nitrogens is 2. The minimum absolute atomic E-state index is 0.129. The first-order valence-corrected chi connectivity index (χ1v) is 9.87. The molecular formula is C23H24FN3O2. The van der Waals surface area contributed by atoms with E-state index in [2.05, 4.69) is 14.9 Å². The summed E-state index contributed by atoms with van der Waals surface area (Å²) in [4.78, 5) is 17.4. The van der Waals surface area contributed by atoms with Gasteiger partial charge < -0.3 is 14.6 Å². The zero-order valence-electron chi connectivity index (χ0n) is 16.4. The van der Waals surface area contributed by atoms with Crippen LogP contribution in [-0.4, -0.2) is 22.6 Å². The summed E-state index contributed by atoms with van der Waals surface area (Å²) in [6.45, 7) is 0.921. The third kappa shape index (κ3) is 4.31. The Morgan fingerprint density at radius 2 is 2.07 bits per heavy atom. The summed E-state index contributed by atoms with van der Waals surface area (Å²) in [6.07, 6.45) is 5.38. The number of methoxy groups -OCH3 is 1. The zero-order valence-corrected chi connectivity index (χ0v) is 16.4. The summed E-state index contributed by atoms with van der Waals surface area (Å²) in [7, 11) is 1.63. The number of carbonyl (C=O) groups is 1. The monoisotopic (exact) mass is 393 g/mol. The molecule has 0 saturated heterocycles. The molecule has 2 aromatic carbocycles. The van der Waals surface area contributed by atoms with E-state index >= 15 is 0 Å². The van der Waals surface area contributed by atoms with Crippen LogP contribution in [0.25, 0.3) is 0 Å². The standard InChI is InChI=1S/C23H24FN3O2/c1-29-19-6-4-5-16(13-19)20(21-15-25-22-7-2-3-12-27(21)22)14-23(28)26-18-10-8-17(24)9-11-18/h4-6,8-11,13,15,20H,2-3,7,12,14H2,1H3,(H,26,28)/t20-/m0/s1. The molecule has 0 unspecified atom stereocenters. The number of ether oxygens (including phenoxy) is 1. The van der Waals surface area contributed by atoms with Gasteiger partial charge in [0.25, 0.3) is 0 Å². The fourth-order valence-corrected chi connectivity index (χ4v) is 3.90. The largest absolute Gasteiger partial charge is 0.497 e. The van der Waals surface area contributed by atoms with Crippen molar-refractivity contribution in [3.05, 3.63) is 77.6 Å². The molecular weight excluding hydrogens is 369 g/mol. The number of rotatable bonds is 6. The molecule has 4 rings (SSSR count). The zero-order chi connectivity index (χ0) is 20.2. The van der Waals surface area contributed by atoms with Crippen LogP contribution < -0.4 is 10.1 Å². The number of anilines is 1. The van der Waals surface area contributed by atoms with E-state index in [-0.39, 0.29) is 24.1 Å². The smallest absolute Gasteiger partial charge is 0.225 e. The number of aryl methyl sites for hydroxylation is 1. The van der Waals surface area contributed by atoms with E-state index in [1.165, 1.54) is 12.1 Å².